The van der Waals surface area contributed by atoms with Crippen LogP contribution in [0.3, 0.4) is 0 Å². The fourth-order valence-corrected chi connectivity index (χ4v) is 2.30. The average molecular weight is 327 g/mol. The molecule has 5 nitrogen and oxygen atoms in total. The highest BCUT2D eigenvalue weighted by atomic mass is 16.5. The molecular weight excluding hydrogens is 306 g/mol. The highest BCUT2D eigenvalue weighted by Crippen LogP contribution is 2.15. The molecule has 2 aromatic rings. The van der Waals surface area contributed by atoms with Crippen molar-refractivity contribution in [3.63, 3.8) is 0 Å². The van der Waals surface area contributed by atoms with Crippen molar-refractivity contribution in [1.82, 2.24) is 0 Å². The van der Waals surface area contributed by atoms with Gasteiger partial charge in [0.1, 0.15) is 5.75 Å². The Hall–Kier alpha value is -2.82. The first-order valence-electron chi connectivity index (χ1n) is 7.72. The quantitative estimate of drug-likeness (QED) is 0.819. The monoisotopic (exact) mass is 327 g/mol. The lowest BCUT2D eigenvalue weighted by Gasteiger charge is -2.09. The summed E-state index contributed by atoms with van der Waals surface area (Å²) in [4.78, 5) is 22.9. The van der Waals surface area contributed by atoms with Crippen molar-refractivity contribution >= 4 is 17.6 Å². The van der Waals surface area contributed by atoms with Crippen LogP contribution in [0.1, 0.15) is 18.1 Å². The summed E-state index contributed by atoms with van der Waals surface area (Å²) in [6, 6.07) is 14.6. The van der Waals surface area contributed by atoms with Gasteiger partial charge < -0.3 is 15.2 Å². The van der Waals surface area contributed by atoms with Crippen LogP contribution in [-0.4, -0.2) is 24.1 Å². The lowest BCUT2D eigenvalue weighted by Crippen LogP contribution is -2.14. The molecule has 5 heteroatoms. The number of benzene rings is 2. The molecule has 0 aliphatic carbocycles. The van der Waals surface area contributed by atoms with E-state index in [4.69, 9.17) is 9.84 Å². The minimum absolute atomic E-state index is 0.105. The van der Waals surface area contributed by atoms with Gasteiger partial charge in [-0.15, -0.1) is 0 Å². The second-order valence-electron chi connectivity index (χ2n) is 5.71. The highest BCUT2D eigenvalue weighted by Gasteiger charge is 2.11. The van der Waals surface area contributed by atoms with Crippen molar-refractivity contribution in [2.45, 2.75) is 19.8 Å². The second kappa shape index (κ2) is 8.15. The van der Waals surface area contributed by atoms with Gasteiger partial charge in [0.25, 0.3) is 0 Å². The Morgan fingerprint density at radius 1 is 1.04 bits per heavy atom. The minimum atomic E-state index is -0.813. The number of anilines is 1. The summed E-state index contributed by atoms with van der Waals surface area (Å²) in [5.41, 5.74) is 2.53. The number of hydrogen-bond acceptors (Lipinski definition) is 3. The minimum Gasteiger partial charge on any atom is -0.497 e. The van der Waals surface area contributed by atoms with E-state index in [1.807, 2.05) is 36.4 Å². The van der Waals surface area contributed by atoms with Gasteiger partial charge in [0.15, 0.2) is 0 Å². The predicted octanol–water partition coefficient (Wildman–Crippen LogP) is 3.14. The van der Waals surface area contributed by atoms with Gasteiger partial charge in [0.2, 0.25) is 5.91 Å². The number of aliphatic carboxylic acids is 1. The molecule has 1 unspecified atom stereocenters. The number of rotatable bonds is 7. The molecule has 1 amide bonds. The highest BCUT2D eigenvalue weighted by molar-refractivity contribution is 5.92. The van der Waals surface area contributed by atoms with Gasteiger partial charge >= 0.3 is 5.97 Å². The van der Waals surface area contributed by atoms with E-state index < -0.39 is 11.9 Å². The zero-order chi connectivity index (χ0) is 17.5. The third-order valence-corrected chi connectivity index (χ3v) is 3.72. The topological polar surface area (TPSA) is 75.6 Å². The third-order valence-electron chi connectivity index (χ3n) is 3.72. The summed E-state index contributed by atoms with van der Waals surface area (Å²) in [6.45, 7) is 1.67. The predicted molar refractivity (Wildman–Crippen MR) is 92.3 cm³/mol. The van der Waals surface area contributed by atoms with E-state index in [1.165, 1.54) is 0 Å². The van der Waals surface area contributed by atoms with Crippen LogP contribution in [0.5, 0.6) is 5.75 Å². The van der Waals surface area contributed by atoms with E-state index in [2.05, 4.69) is 5.32 Å². The van der Waals surface area contributed by atoms with Gasteiger partial charge in [-0.2, -0.15) is 0 Å². The van der Waals surface area contributed by atoms with Crippen molar-refractivity contribution in [2.24, 2.45) is 5.92 Å². The van der Waals surface area contributed by atoms with Gasteiger partial charge in [0.05, 0.1) is 19.4 Å². The lowest BCUT2D eigenvalue weighted by molar-refractivity contribution is -0.141. The van der Waals surface area contributed by atoms with Crippen molar-refractivity contribution in [1.29, 1.82) is 0 Å². The van der Waals surface area contributed by atoms with Crippen molar-refractivity contribution < 1.29 is 19.4 Å². The normalized spacial score (nSPS) is 11.6. The van der Waals surface area contributed by atoms with Crippen LogP contribution in [0.15, 0.2) is 48.5 Å². The number of carboxylic acids is 1. The molecule has 2 aromatic carbocycles. The molecule has 0 saturated heterocycles. The number of amides is 1. The second-order valence-corrected chi connectivity index (χ2v) is 5.71. The Kier molecular flexibility index (Phi) is 5.95. The van der Waals surface area contributed by atoms with Gasteiger partial charge in [-0.25, -0.2) is 0 Å². The van der Waals surface area contributed by atoms with E-state index in [-0.39, 0.29) is 12.3 Å². The molecular formula is C19H21NO4. The number of carbonyl (C=O) groups excluding carboxylic acids is 1. The van der Waals surface area contributed by atoms with Gasteiger partial charge in [-0.05, 0) is 41.8 Å². The van der Waals surface area contributed by atoms with Gasteiger partial charge in [0, 0.05) is 5.69 Å². The third kappa shape index (κ3) is 5.12. The molecule has 0 heterocycles. The molecule has 0 fully saturated rings. The van der Waals surface area contributed by atoms with Gasteiger partial charge in [-0.3, -0.25) is 9.59 Å². The number of carboxylic acid groups (broad SMARTS) is 1. The maximum atomic E-state index is 12.1. The van der Waals surface area contributed by atoms with E-state index in [0.29, 0.717) is 12.1 Å². The largest absolute Gasteiger partial charge is 0.497 e. The van der Waals surface area contributed by atoms with E-state index in [9.17, 15) is 9.59 Å². The molecule has 24 heavy (non-hydrogen) atoms. The molecule has 2 N–H and O–H groups in total. The van der Waals surface area contributed by atoms with Crippen LogP contribution in [0, 0.1) is 5.92 Å². The van der Waals surface area contributed by atoms with Gasteiger partial charge in [-0.1, -0.05) is 31.2 Å². The van der Waals surface area contributed by atoms with E-state index >= 15 is 0 Å². The molecule has 0 bridgehead atoms. The summed E-state index contributed by atoms with van der Waals surface area (Å²) in [7, 11) is 1.60. The standard InChI is InChI=1S/C19H21NO4/c1-13(19(22)23)11-14-3-7-16(8-4-14)20-18(21)12-15-5-9-17(24-2)10-6-15/h3-10,13H,11-12H2,1-2H3,(H,20,21)(H,22,23). The Balaban J connectivity index is 1.90. The first-order chi connectivity index (χ1) is 11.5. The summed E-state index contributed by atoms with van der Waals surface area (Å²) < 4.78 is 5.09. The number of nitrogens with one attached hydrogen (secondary N) is 1. The molecule has 0 aromatic heterocycles. The smallest absolute Gasteiger partial charge is 0.306 e. The summed E-state index contributed by atoms with van der Waals surface area (Å²) in [5, 5.41) is 11.8. The number of carbonyl (C=O) groups is 2. The number of hydrogen-bond donors (Lipinski definition) is 2. The van der Waals surface area contributed by atoms with Crippen LogP contribution in [0.25, 0.3) is 0 Å². The van der Waals surface area contributed by atoms with E-state index in [0.717, 1.165) is 16.9 Å². The SMILES string of the molecule is COc1ccc(CC(=O)Nc2ccc(CC(C)C(=O)O)cc2)cc1. The molecule has 0 spiro atoms. The van der Waals surface area contributed by atoms with E-state index in [1.54, 1.807) is 26.2 Å². The van der Waals surface area contributed by atoms with Crippen LogP contribution in [0.4, 0.5) is 5.69 Å². The molecule has 0 saturated carbocycles. The molecule has 0 aliphatic heterocycles. The van der Waals surface area contributed by atoms with Crippen molar-refractivity contribution in [2.75, 3.05) is 12.4 Å². The number of methoxy groups -OCH3 is 1. The first-order valence-corrected chi connectivity index (χ1v) is 7.72. The van der Waals surface area contributed by atoms with Crippen LogP contribution in [-0.2, 0) is 22.4 Å². The Labute approximate surface area is 141 Å². The fourth-order valence-electron chi connectivity index (χ4n) is 2.30. The number of ether oxygens (including phenoxy) is 1. The molecule has 0 aliphatic rings. The van der Waals surface area contributed by atoms with Crippen LogP contribution >= 0.6 is 0 Å². The molecule has 126 valence electrons. The Morgan fingerprint density at radius 2 is 1.62 bits per heavy atom. The summed E-state index contributed by atoms with van der Waals surface area (Å²) >= 11 is 0. The summed E-state index contributed by atoms with van der Waals surface area (Å²) in [5.74, 6) is -0.593. The maximum absolute atomic E-state index is 12.1. The molecule has 0 radical (unpaired) electrons. The zero-order valence-electron chi connectivity index (χ0n) is 13.8. The summed E-state index contributed by atoms with van der Waals surface area (Å²) in [6.07, 6.45) is 0.747. The lowest BCUT2D eigenvalue weighted by atomic mass is 10.0. The average Bonchev–Trinajstić information content (AvgIpc) is 2.57. The molecule has 1 atom stereocenters. The maximum Gasteiger partial charge on any atom is 0.306 e. The van der Waals surface area contributed by atoms with Crippen LogP contribution in [0.2, 0.25) is 0 Å². The zero-order valence-corrected chi connectivity index (χ0v) is 13.8. The van der Waals surface area contributed by atoms with Crippen LogP contribution < -0.4 is 10.1 Å². The van der Waals surface area contributed by atoms with Crippen molar-refractivity contribution in [3.05, 3.63) is 59.7 Å². The first kappa shape index (κ1) is 17.5. The Morgan fingerprint density at radius 3 is 2.17 bits per heavy atom. The molecule has 2 rings (SSSR count). The Bertz CT molecular complexity index is 692. The fraction of sp³-hybridized carbons (Fsp3) is 0.263. The van der Waals surface area contributed by atoms with Crippen molar-refractivity contribution in [3.8, 4) is 5.75 Å².